The standard InChI is InChI=1S/C10H19NO3/c1-10(2,14-3)4-7-5-11-6-8(7)9(12)13/h7-8,11H,4-6H2,1-3H3,(H,12,13). The van der Waals surface area contributed by atoms with Gasteiger partial charge in [0.2, 0.25) is 0 Å². The third kappa shape index (κ3) is 2.69. The number of rotatable bonds is 4. The third-order valence-electron chi connectivity index (χ3n) is 2.96. The highest BCUT2D eigenvalue weighted by atomic mass is 16.5. The minimum atomic E-state index is -0.702. The molecule has 82 valence electrons. The summed E-state index contributed by atoms with van der Waals surface area (Å²) >= 11 is 0. The molecule has 0 aromatic carbocycles. The Hall–Kier alpha value is -0.610. The van der Waals surface area contributed by atoms with Crippen molar-refractivity contribution in [3.8, 4) is 0 Å². The lowest BCUT2D eigenvalue weighted by atomic mass is 9.86. The van der Waals surface area contributed by atoms with Crippen molar-refractivity contribution in [1.29, 1.82) is 0 Å². The highest BCUT2D eigenvalue weighted by Gasteiger charge is 2.36. The molecule has 1 saturated heterocycles. The normalized spacial score (nSPS) is 27.9. The number of methoxy groups -OCH3 is 1. The van der Waals surface area contributed by atoms with E-state index in [0.29, 0.717) is 6.54 Å². The smallest absolute Gasteiger partial charge is 0.308 e. The van der Waals surface area contributed by atoms with E-state index in [9.17, 15) is 4.79 Å². The molecule has 4 nitrogen and oxygen atoms in total. The van der Waals surface area contributed by atoms with Crippen molar-refractivity contribution >= 4 is 5.97 Å². The molecule has 0 aliphatic carbocycles. The number of ether oxygens (including phenoxy) is 1. The SMILES string of the molecule is COC(C)(C)CC1CNCC1C(=O)O. The Morgan fingerprint density at radius 1 is 1.57 bits per heavy atom. The van der Waals surface area contributed by atoms with Gasteiger partial charge in [-0.2, -0.15) is 0 Å². The van der Waals surface area contributed by atoms with Crippen LogP contribution in [0.25, 0.3) is 0 Å². The van der Waals surface area contributed by atoms with Crippen molar-refractivity contribution in [2.24, 2.45) is 11.8 Å². The average Bonchev–Trinajstić information content (AvgIpc) is 2.51. The Balaban J connectivity index is 2.55. The second-order valence-corrected chi connectivity index (χ2v) is 4.53. The Morgan fingerprint density at radius 3 is 2.71 bits per heavy atom. The molecule has 2 N–H and O–H groups in total. The summed E-state index contributed by atoms with van der Waals surface area (Å²) in [6, 6.07) is 0. The molecule has 1 rings (SSSR count). The van der Waals surface area contributed by atoms with Crippen LogP contribution >= 0.6 is 0 Å². The van der Waals surface area contributed by atoms with E-state index in [1.807, 2.05) is 13.8 Å². The van der Waals surface area contributed by atoms with E-state index < -0.39 is 5.97 Å². The quantitative estimate of drug-likeness (QED) is 0.703. The van der Waals surface area contributed by atoms with Crippen molar-refractivity contribution in [3.05, 3.63) is 0 Å². The van der Waals surface area contributed by atoms with Gasteiger partial charge in [0.1, 0.15) is 0 Å². The molecule has 0 spiro atoms. The molecule has 2 unspecified atom stereocenters. The molecular weight excluding hydrogens is 182 g/mol. The van der Waals surface area contributed by atoms with Crippen molar-refractivity contribution in [2.75, 3.05) is 20.2 Å². The summed E-state index contributed by atoms with van der Waals surface area (Å²) in [5.41, 5.74) is -0.232. The molecule has 0 bridgehead atoms. The number of nitrogens with one attached hydrogen (secondary N) is 1. The van der Waals surface area contributed by atoms with E-state index in [2.05, 4.69) is 5.32 Å². The van der Waals surface area contributed by atoms with Crippen LogP contribution in [-0.4, -0.2) is 36.9 Å². The van der Waals surface area contributed by atoms with E-state index in [1.165, 1.54) is 0 Å². The summed E-state index contributed by atoms with van der Waals surface area (Å²) in [6.45, 7) is 5.35. The van der Waals surface area contributed by atoms with Gasteiger partial charge in [-0.3, -0.25) is 4.79 Å². The van der Waals surface area contributed by atoms with Gasteiger partial charge < -0.3 is 15.2 Å². The highest BCUT2D eigenvalue weighted by Crippen LogP contribution is 2.28. The summed E-state index contributed by atoms with van der Waals surface area (Å²) in [6.07, 6.45) is 0.785. The van der Waals surface area contributed by atoms with Gasteiger partial charge in [-0.05, 0) is 32.7 Å². The van der Waals surface area contributed by atoms with Crippen LogP contribution in [0.1, 0.15) is 20.3 Å². The molecule has 0 aromatic heterocycles. The van der Waals surface area contributed by atoms with Gasteiger partial charge in [-0.25, -0.2) is 0 Å². The Kier molecular flexibility index (Phi) is 3.50. The lowest BCUT2D eigenvalue weighted by Crippen LogP contribution is -2.31. The first kappa shape index (κ1) is 11.5. The van der Waals surface area contributed by atoms with Gasteiger partial charge in [0.15, 0.2) is 0 Å². The number of hydrogen-bond acceptors (Lipinski definition) is 3. The van der Waals surface area contributed by atoms with Crippen molar-refractivity contribution in [2.45, 2.75) is 25.9 Å². The largest absolute Gasteiger partial charge is 0.481 e. The van der Waals surface area contributed by atoms with E-state index in [1.54, 1.807) is 7.11 Å². The van der Waals surface area contributed by atoms with Crippen LogP contribution in [0.2, 0.25) is 0 Å². The first-order valence-electron chi connectivity index (χ1n) is 4.95. The van der Waals surface area contributed by atoms with Crippen LogP contribution in [0, 0.1) is 11.8 Å². The number of carboxylic acid groups (broad SMARTS) is 1. The zero-order chi connectivity index (χ0) is 10.8. The molecule has 1 heterocycles. The van der Waals surface area contributed by atoms with E-state index in [0.717, 1.165) is 13.0 Å². The van der Waals surface area contributed by atoms with Gasteiger partial charge in [0.05, 0.1) is 11.5 Å². The minimum absolute atomic E-state index is 0.183. The molecule has 0 aromatic rings. The summed E-state index contributed by atoms with van der Waals surface area (Å²) in [7, 11) is 1.66. The molecule has 2 atom stereocenters. The maximum Gasteiger partial charge on any atom is 0.308 e. The highest BCUT2D eigenvalue weighted by molar-refractivity contribution is 5.71. The Bertz CT molecular complexity index is 215. The minimum Gasteiger partial charge on any atom is -0.481 e. The molecule has 0 radical (unpaired) electrons. The molecular formula is C10H19NO3. The summed E-state index contributed by atoms with van der Waals surface area (Å²) in [4.78, 5) is 10.9. The predicted molar refractivity (Wildman–Crippen MR) is 53.2 cm³/mol. The van der Waals surface area contributed by atoms with E-state index >= 15 is 0 Å². The molecule has 1 fully saturated rings. The third-order valence-corrected chi connectivity index (χ3v) is 2.96. The van der Waals surface area contributed by atoms with Crippen LogP contribution in [-0.2, 0) is 9.53 Å². The van der Waals surface area contributed by atoms with E-state index in [4.69, 9.17) is 9.84 Å². The van der Waals surface area contributed by atoms with Crippen LogP contribution in [0.5, 0.6) is 0 Å². The number of hydrogen-bond donors (Lipinski definition) is 2. The average molecular weight is 201 g/mol. The molecule has 0 amide bonds. The van der Waals surface area contributed by atoms with Crippen LogP contribution in [0.3, 0.4) is 0 Å². The van der Waals surface area contributed by atoms with Crippen molar-refractivity contribution < 1.29 is 14.6 Å². The fourth-order valence-electron chi connectivity index (χ4n) is 1.95. The number of aliphatic carboxylic acids is 1. The molecule has 14 heavy (non-hydrogen) atoms. The van der Waals surface area contributed by atoms with Gasteiger partial charge >= 0.3 is 5.97 Å². The molecule has 1 aliphatic rings. The fourth-order valence-corrected chi connectivity index (χ4v) is 1.95. The van der Waals surface area contributed by atoms with Gasteiger partial charge in [0.25, 0.3) is 0 Å². The molecule has 4 heteroatoms. The summed E-state index contributed by atoms with van der Waals surface area (Å²) in [5, 5.41) is 12.1. The molecule has 0 saturated carbocycles. The van der Waals surface area contributed by atoms with Crippen molar-refractivity contribution in [1.82, 2.24) is 5.32 Å². The van der Waals surface area contributed by atoms with Crippen molar-refractivity contribution in [3.63, 3.8) is 0 Å². The maximum absolute atomic E-state index is 10.9. The number of carboxylic acids is 1. The van der Waals surface area contributed by atoms with Crippen LogP contribution < -0.4 is 5.32 Å². The number of carbonyl (C=O) groups is 1. The first-order valence-corrected chi connectivity index (χ1v) is 4.95. The van der Waals surface area contributed by atoms with Gasteiger partial charge in [-0.15, -0.1) is 0 Å². The Labute approximate surface area is 84.6 Å². The zero-order valence-corrected chi connectivity index (χ0v) is 9.04. The van der Waals surface area contributed by atoms with Crippen LogP contribution in [0.15, 0.2) is 0 Å². The predicted octanol–water partition coefficient (Wildman–Crippen LogP) is 0.722. The summed E-state index contributed by atoms with van der Waals surface area (Å²) in [5.74, 6) is -0.779. The van der Waals surface area contributed by atoms with Gasteiger partial charge in [0, 0.05) is 13.7 Å². The first-order chi connectivity index (χ1) is 6.46. The second-order valence-electron chi connectivity index (χ2n) is 4.53. The topological polar surface area (TPSA) is 58.6 Å². The fraction of sp³-hybridized carbons (Fsp3) is 0.900. The van der Waals surface area contributed by atoms with Crippen LogP contribution in [0.4, 0.5) is 0 Å². The monoisotopic (exact) mass is 201 g/mol. The van der Waals surface area contributed by atoms with E-state index in [-0.39, 0.29) is 17.4 Å². The zero-order valence-electron chi connectivity index (χ0n) is 9.04. The second kappa shape index (κ2) is 4.28. The lowest BCUT2D eigenvalue weighted by Gasteiger charge is -2.27. The summed E-state index contributed by atoms with van der Waals surface area (Å²) < 4.78 is 5.31. The van der Waals surface area contributed by atoms with Gasteiger partial charge in [-0.1, -0.05) is 0 Å². The lowest BCUT2D eigenvalue weighted by molar-refractivity contribution is -0.143. The molecule has 1 aliphatic heterocycles. The Morgan fingerprint density at radius 2 is 2.21 bits per heavy atom. The maximum atomic E-state index is 10.9.